The molecule has 8 nitrogen and oxygen atoms in total. The molecule has 192 valence electrons. The molecule has 0 spiro atoms. The van der Waals surface area contributed by atoms with Gasteiger partial charge in [0, 0.05) is 66.2 Å². The number of ether oxygens (including phenoxy) is 2. The second-order valence-corrected chi connectivity index (χ2v) is 10.4. The molecule has 1 rings (SSSR count). The third-order valence-corrected chi connectivity index (χ3v) is 5.95. The van der Waals surface area contributed by atoms with Gasteiger partial charge in [-0.15, -0.1) is 0 Å². The van der Waals surface area contributed by atoms with Crippen molar-refractivity contribution in [3.05, 3.63) is 22.3 Å². The summed E-state index contributed by atoms with van der Waals surface area (Å²) in [6.45, 7) is 15.8. The SMILES string of the molecule is COCCNC(=O)CC(C)(C)C1=C(C)C(=O)C(C(C)(C)CC(=O)NCCOC(C)C)=C(C)C1=O. The zero-order valence-electron chi connectivity index (χ0n) is 22.3. The van der Waals surface area contributed by atoms with E-state index in [-0.39, 0.29) is 42.3 Å². The lowest BCUT2D eigenvalue weighted by atomic mass is 9.66. The highest BCUT2D eigenvalue weighted by atomic mass is 16.5. The Kier molecular flexibility index (Phi) is 10.8. The number of allylic oxidation sites excluding steroid dienone is 4. The number of methoxy groups -OCH3 is 1. The highest BCUT2D eigenvalue weighted by Crippen LogP contribution is 2.44. The maximum Gasteiger partial charge on any atom is 0.220 e. The molecule has 0 heterocycles. The Balaban J connectivity index is 3.05. The summed E-state index contributed by atoms with van der Waals surface area (Å²) >= 11 is 0. The van der Waals surface area contributed by atoms with E-state index in [4.69, 9.17) is 9.47 Å². The van der Waals surface area contributed by atoms with Gasteiger partial charge in [-0.2, -0.15) is 0 Å². The molecule has 0 aromatic carbocycles. The van der Waals surface area contributed by atoms with Crippen molar-refractivity contribution in [3.8, 4) is 0 Å². The second-order valence-electron chi connectivity index (χ2n) is 10.4. The van der Waals surface area contributed by atoms with Crippen molar-refractivity contribution < 1.29 is 28.7 Å². The van der Waals surface area contributed by atoms with E-state index in [1.54, 1.807) is 48.7 Å². The largest absolute Gasteiger partial charge is 0.383 e. The van der Waals surface area contributed by atoms with Crippen molar-refractivity contribution >= 4 is 23.4 Å². The molecule has 2 N–H and O–H groups in total. The van der Waals surface area contributed by atoms with Crippen LogP contribution in [0.4, 0.5) is 0 Å². The van der Waals surface area contributed by atoms with E-state index in [0.29, 0.717) is 48.6 Å². The van der Waals surface area contributed by atoms with E-state index in [1.807, 2.05) is 13.8 Å². The van der Waals surface area contributed by atoms with Crippen LogP contribution in [0.2, 0.25) is 0 Å². The van der Waals surface area contributed by atoms with Crippen LogP contribution in [0.25, 0.3) is 0 Å². The zero-order valence-corrected chi connectivity index (χ0v) is 22.3. The molecule has 0 unspecified atom stereocenters. The van der Waals surface area contributed by atoms with Gasteiger partial charge < -0.3 is 20.1 Å². The van der Waals surface area contributed by atoms with Crippen LogP contribution in [-0.2, 0) is 28.7 Å². The Morgan fingerprint density at radius 3 is 1.53 bits per heavy atom. The predicted molar refractivity (Wildman–Crippen MR) is 131 cm³/mol. The summed E-state index contributed by atoms with van der Waals surface area (Å²) in [5.74, 6) is -0.923. The molecule has 0 aromatic rings. The van der Waals surface area contributed by atoms with Gasteiger partial charge in [0.05, 0.1) is 19.3 Å². The highest BCUT2D eigenvalue weighted by Gasteiger charge is 2.43. The average molecular weight is 479 g/mol. The van der Waals surface area contributed by atoms with Gasteiger partial charge in [0.2, 0.25) is 11.8 Å². The van der Waals surface area contributed by atoms with Crippen LogP contribution in [0.3, 0.4) is 0 Å². The van der Waals surface area contributed by atoms with Crippen LogP contribution in [0.5, 0.6) is 0 Å². The second kappa shape index (κ2) is 12.4. The number of carbonyl (C=O) groups is 4. The molecule has 0 aliphatic heterocycles. The van der Waals surface area contributed by atoms with Gasteiger partial charge in [-0.3, -0.25) is 19.2 Å². The van der Waals surface area contributed by atoms with Crippen LogP contribution in [0.1, 0.15) is 68.2 Å². The third kappa shape index (κ3) is 7.87. The van der Waals surface area contributed by atoms with E-state index in [1.165, 1.54) is 0 Å². The lowest BCUT2D eigenvalue weighted by molar-refractivity contribution is -0.125. The first-order valence-electron chi connectivity index (χ1n) is 11.8. The molecule has 0 bridgehead atoms. The van der Waals surface area contributed by atoms with Crippen molar-refractivity contribution in [2.75, 3.05) is 33.4 Å². The summed E-state index contributed by atoms with van der Waals surface area (Å²) in [5, 5.41) is 5.58. The van der Waals surface area contributed by atoms with Crippen LogP contribution in [-0.4, -0.2) is 62.9 Å². The summed E-state index contributed by atoms with van der Waals surface area (Å²) in [6.07, 6.45) is 0.209. The summed E-state index contributed by atoms with van der Waals surface area (Å²) in [4.78, 5) is 51.8. The predicted octanol–water partition coefficient (Wildman–Crippen LogP) is 2.91. The maximum atomic E-state index is 13.5. The van der Waals surface area contributed by atoms with E-state index in [2.05, 4.69) is 10.6 Å². The summed E-state index contributed by atoms with van der Waals surface area (Å²) < 4.78 is 10.4. The molecule has 0 saturated heterocycles. The first-order chi connectivity index (χ1) is 15.7. The quantitative estimate of drug-likeness (QED) is 0.311. The fourth-order valence-electron chi connectivity index (χ4n) is 4.45. The van der Waals surface area contributed by atoms with E-state index < -0.39 is 10.8 Å². The monoisotopic (exact) mass is 478 g/mol. The molecule has 2 amide bonds. The Bertz CT molecular complexity index is 865. The number of Topliss-reactive ketones (excluding diaryl/α,β-unsaturated/α-hetero) is 2. The minimum absolute atomic E-state index is 0.0638. The summed E-state index contributed by atoms with van der Waals surface area (Å²) in [7, 11) is 1.55. The smallest absolute Gasteiger partial charge is 0.220 e. The van der Waals surface area contributed by atoms with E-state index in [9.17, 15) is 19.2 Å². The first kappa shape index (κ1) is 29.7. The molecule has 0 saturated carbocycles. The van der Waals surface area contributed by atoms with Gasteiger partial charge in [-0.1, -0.05) is 27.7 Å². The van der Waals surface area contributed by atoms with Crippen molar-refractivity contribution in [2.24, 2.45) is 10.8 Å². The minimum atomic E-state index is -0.839. The molecule has 0 fully saturated rings. The normalized spacial score (nSPS) is 15.4. The maximum absolute atomic E-state index is 13.5. The topological polar surface area (TPSA) is 111 Å². The number of nitrogens with one attached hydrogen (secondary N) is 2. The van der Waals surface area contributed by atoms with Crippen molar-refractivity contribution in [2.45, 2.75) is 74.3 Å². The molecule has 1 aliphatic rings. The Labute approximate surface area is 203 Å². The van der Waals surface area contributed by atoms with Gasteiger partial charge in [0.15, 0.2) is 11.6 Å². The molecule has 0 radical (unpaired) electrons. The molecular formula is C26H42N2O6. The summed E-state index contributed by atoms with van der Waals surface area (Å²) in [5.41, 5.74) is -0.301. The zero-order chi connectivity index (χ0) is 26.3. The number of hydrogen-bond acceptors (Lipinski definition) is 6. The van der Waals surface area contributed by atoms with Gasteiger partial charge in [0.25, 0.3) is 0 Å². The molecule has 1 aliphatic carbocycles. The minimum Gasteiger partial charge on any atom is -0.383 e. The van der Waals surface area contributed by atoms with Gasteiger partial charge in [-0.25, -0.2) is 0 Å². The van der Waals surface area contributed by atoms with Crippen LogP contribution in [0, 0.1) is 10.8 Å². The van der Waals surface area contributed by atoms with E-state index in [0.717, 1.165) is 0 Å². The third-order valence-electron chi connectivity index (χ3n) is 5.95. The van der Waals surface area contributed by atoms with E-state index >= 15 is 0 Å². The number of hydrogen-bond donors (Lipinski definition) is 2. The lowest BCUT2D eigenvalue weighted by Crippen LogP contribution is -2.39. The Morgan fingerprint density at radius 1 is 0.794 bits per heavy atom. The highest BCUT2D eigenvalue weighted by molar-refractivity contribution is 6.26. The molecule has 0 atom stereocenters. The Morgan fingerprint density at radius 2 is 1.18 bits per heavy atom. The van der Waals surface area contributed by atoms with Gasteiger partial charge in [0.1, 0.15) is 0 Å². The molecular weight excluding hydrogens is 436 g/mol. The summed E-state index contributed by atoms with van der Waals surface area (Å²) in [6, 6.07) is 0. The lowest BCUT2D eigenvalue weighted by Gasteiger charge is -2.36. The van der Waals surface area contributed by atoms with Gasteiger partial charge in [-0.05, 0) is 27.7 Å². The fraction of sp³-hybridized carbons (Fsp3) is 0.692. The fourth-order valence-corrected chi connectivity index (χ4v) is 4.45. The first-order valence-corrected chi connectivity index (χ1v) is 11.8. The number of amides is 2. The average Bonchev–Trinajstić information content (AvgIpc) is 2.69. The standard InChI is InChI=1S/C26H42N2O6/c1-16(2)34-13-11-28-20(30)15-26(7,8)22-18(4)23(31)21(17(3)24(22)32)25(5,6)14-19(29)27-10-12-33-9/h16H,10-15H2,1-9H3,(H,27,29)(H,28,30). The van der Waals surface area contributed by atoms with Crippen molar-refractivity contribution in [1.29, 1.82) is 0 Å². The van der Waals surface area contributed by atoms with Crippen LogP contribution in [0.15, 0.2) is 22.3 Å². The van der Waals surface area contributed by atoms with Crippen molar-refractivity contribution in [1.82, 2.24) is 10.6 Å². The van der Waals surface area contributed by atoms with Gasteiger partial charge >= 0.3 is 0 Å². The van der Waals surface area contributed by atoms with Crippen molar-refractivity contribution in [3.63, 3.8) is 0 Å². The molecule has 0 aromatic heterocycles. The van der Waals surface area contributed by atoms with Crippen LogP contribution < -0.4 is 10.6 Å². The Hall–Kier alpha value is -2.32. The molecule has 34 heavy (non-hydrogen) atoms. The van der Waals surface area contributed by atoms with Crippen LogP contribution >= 0.6 is 0 Å². The number of rotatable bonds is 13. The number of carbonyl (C=O) groups excluding carboxylic acids is 4. The molecule has 8 heteroatoms. The number of ketones is 2.